The molecule has 4 unspecified atom stereocenters. The number of likely N-dealkylation sites (tertiary alicyclic amines) is 1. The molecular formula is C20H34N4O2. The van der Waals surface area contributed by atoms with E-state index in [0.717, 1.165) is 58.5 Å². The first-order valence-electron chi connectivity index (χ1n) is 10.8. The minimum absolute atomic E-state index is 0.416. The molecule has 5 fully saturated rings. The van der Waals surface area contributed by atoms with Crippen molar-refractivity contribution in [2.45, 2.75) is 57.2 Å². The fourth-order valence-electron chi connectivity index (χ4n) is 6.16. The Labute approximate surface area is 157 Å². The molecule has 2 saturated carbocycles. The molecule has 6 nitrogen and oxygen atoms in total. The molecule has 146 valence electrons. The number of guanidine groups is 1. The van der Waals surface area contributed by atoms with Crippen LogP contribution in [0.3, 0.4) is 0 Å². The minimum atomic E-state index is 0.416. The first-order chi connectivity index (χ1) is 12.8. The summed E-state index contributed by atoms with van der Waals surface area (Å²) in [5.74, 6) is 1.86. The molecule has 2 aliphatic carbocycles. The standard InChI is InChI=1S/C20H34N4O2/c1-2-21-19(24-8-4-15(14-24)23-9-12-25-13-10-23)22-17-16-5-11-26-18(16)20(17)6-3-7-20/h15-18H,2-14H2,1H3,(H,21,22). The van der Waals surface area contributed by atoms with Gasteiger partial charge in [-0.1, -0.05) is 6.42 Å². The van der Waals surface area contributed by atoms with Gasteiger partial charge < -0.3 is 19.7 Å². The van der Waals surface area contributed by atoms with E-state index in [1.165, 1.54) is 32.1 Å². The zero-order chi connectivity index (χ0) is 17.6. The van der Waals surface area contributed by atoms with Gasteiger partial charge in [-0.2, -0.15) is 0 Å². The van der Waals surface area contributed by atoms with Gasteiger partial charge in [0.1, 0.15) is 0 Å². The lowest BCUT2D eigenvalue weighted by molar-refractivity contribution is -0.171. The monoisotopic (exact) mass is 362 g/mol. The van der Waals surface area contributed by atoms with Crippen LogP contribution < -0.4 is 5.32 Å². The number of aliphatic imine (C=N–C) groups is 1. The molecular weight excluding hydrogens is 328 g/mol. The van der Waals surface area contributed by atoms with Crippen molar-refractivity contribution in [2.75, 3.05) is 52.5 Å². The van der Waals surface area contributed by atoms with Gasteiger partial charge in [-0.3, -0.25) is 9.89 Å². The normalized spacial score (nSPS) is 39.6. The van der Waals surface area contributed by atoms with Crippen molar-refractivity contribution in [1.29, 1.82) is 0 Å². The van der Waals surface area contributed by atoms with E-state index in [4.69, 9.17) is 14.5 Å². The topological polar surface area (TPSA) is 49.3 Å². The fraction of sp³-hybridized carbons (Fsp3) is 0.950. The largest absolute Gasteiger partial charge is 0.379 e. The molecule has 0 aromatic carbocycles. The summed E-state index contributed by atoms with van der Waals surface area (Å²) in [6, 6.07) is 1.24. The highest BCUT2D eigenvalue weighted by Gasteiger charge is 2.66. The molecule has 0 amide bonds. The Morgan fingerprint density at radius 2 is 2.00 bits per heavy atom. The minimum Gasteiger partial charge on any atom is -0.379 e. The molecule has 1 spiro atoms. The van der Waals surface area contributed by atoms with Gasteiger partial charge in [0.2, 0.25) is 0 Å². The van der Waals surface area contributed by atoms with Gasteiger partial charge in [0.25, 0.3) is 0 Å². The molecule has 5 rings (SSSR count). The summed E-state index contributed by atoms with van der Waals surface area (Å²) in [6.45, 7) is 10.1. The van der Waals surface area contributed by atoms with E-state index in [0.29, 0.717) is 29.5 Å². The van der Waals surface area contributed by atoms with E-state index in [1.807, 2.05) is 0 Å². The number of rotatable bonds is 3. The molecule has 26 heavy (non-hydrogen) atoms. The van der Waals surface area contributed by atoms with Crippen LogP contribution in [0.2, 0.25) is 0 Å². The lowest BCUT2D eigenvalue weighted by Gasteiger charge is -2.63. The predicted molar refractivity (Wildman–Crippen MR) is 101 cm³/mol. The molecule has 4 atom stereocenters. The quantitative estimate of drug-likeness (QED) is 0.606. The third kappa shape index (κ3) is 2.68. The molecule has 3 aliphatic heterocycles. The van der Waals surface area contributed by atoms with E-state index in [2.05, 4.69) is 22.0 Å². The zero-order valence-corrected chi connectivity index (χ0v) is 16.2. The van der Waals surface area contributed by atoms with Crippen LogP contribution in [0.4, 0.5) is 0 Å². The van der Waals surface area contributed by atoms with Crippen molar-refractivity contribution in [1.82, 2.24) is 15.1 Å². The van der Waals surface area contributed by atoms with Crippen molar-refractivity contribution >= 4 is 5.96 Å². The van der Waals surface area contributed by atoms with Gasteiger partial charge in [-0.15, -0.1) is 0 Å². The van der Waals surface area contributed by atoms with Crippen LogP contribution >= 0.6 is 0 Å². The highest BCUT2D eigenvalue weighted by atomic mass is 16.5. The second-order valence-electron chi connectivity index (χ2n) is 8.79. The fourth-order valence-corrected chi connectivity index (χ4v) is 6.16. The van der Waals surface area contributed by atoms with Crippen LogP contribution in [0, 0.1) is 11.3 Å². The zero-order valence-electron chi connectivity index (χ0n) is 16.2. The number of morpholine rings is 1. The number of fused-ring (bicyclic) bond motifs is 2. The van der Waals surface area contributed by atoms with E-state index >= 15 is 0 Å². The highest BCUT2D eigenvalue weighted by molar-refractivity contribution is 5.81. The summed E-state index contributed by atoms with van der Waals surface area (Å²) < 4.78 is 11.6. The van der Waals surface area contributed by atoms with Crippen molar-refractivity contribution in [3.63, 3.8) is 0 Å². The Bertz CT molecular complexity index is 544. The lowest BCUT2D eigenvalue weighted by Crippen LogP contribution is -2.72. The average molecular weight is 363 g/mol. The third-order valence-corrected chi connectivity index (χ3v) is 7.65. The second kappa shape index (κ2) is 6.95. The Hall–Kier alpha value is -0.850. The van der Waals surface area contributed by atoms with Crippen molar-refractivity contribution < 1.29 is 9.47 Å². The Morgan fingerprint density at radius 3 is 2.73 bits per heavy atom. The third-order valence-electron chi connectivity index (χ3n) is 7.65. The molecule has 3 heterocycles. The van der Waals surface area contributed by atoms with Gasteiger partial charge in [0.15, 0.2) is 5.96 Å². The van der Waals surface area contributed by atoms with Gasteiger partial charge in [-0.25, -0.2) is 0 Å². The van der Waals surface area contributed by atoms with Crippen LogP contribution in [-0.2, 0) is 9.47 Å². The van der Waals surface area contributed by atoms with E-state index < -0.39 is 0 Å². The van der Waals surface area contributed by atoms with E-state index in [-0.39, 0.29) is 0 Å². The SMILES string of the molecule is CCN=C(NC1C2CCOC2C12CCC2)N1CCC(N2CCOCC2)C1. The highest BCUT2D eigenvalue weighted by Crippen LogP contribution is 2.62. The number of nitrogens with zero attached hydrogens (tertiary/aromatic N) is 3. The lowest BCUT2D eigenvalue weighted by atomic mass is 9.46. The van der Waals surface area contributed by atoms with E-state index in [1.54, 1.807) is 0 Å². The number of nitrogens with one attached hydrogen (secondary N) is 1. The van der Waals surface area contributed by atoms with Gasteiger partial charge in [0.05, 0.1) is 19.3 Å². The van der Waals surface area contributed by atoms with Gasteiger partial charge >= 0.3 is 0 Å². The molecule has 0 bridgehead atoms. The molecule has 0 aromatic rings. The summed E-state index contributed by atoms with van der Waals surface area (Å²) in [5.41, 5.74) is 0.416. The summed E-state index contributed by atoms with van der Waals surface area (Å²) in [6.07, 6.45) is 7.03. The van der Waals surface area contributed by atoms with Crippen LogP contribution in [-0.4, -0.2) is 86.5 Å². The van der Waals surface area contributed by atoms with Crippen LogP contribution in [0.25, 0.3) is 0 Å². The van der Waals surface area contributed by atoms with Crippen molar-refractivity contribution in [3.05, 3.63) is 0 Å². The molecule has 3 saturated heterocycles. The second-order valence-corrected chi connectivity index (χ2v) is 8.79. The number of ether oxygens (including phenoxy) is 2. The molecule has 6 heteroatoms. The first kappa shape index (κ1) is 17.3. The van der Waals surface area contributed by atoms with Crippen molar-refractivity contribution in [3.8, 4) is 0 Å². The smallest absolute Gasteiger partial charge is 0.194 e. The summed E-state index contributed by atoms with van der Waals surface area (Å²) in [7, 11) is 0. The Morgan fingerprint density at radius 1 is 1.15 bits per heavy atom. The predicted octanol–water partition coefficient (Wildman–Crippen LogP) is 1.32. The summed E-state index contributed by atoms with van der Waals surface area (Å²) in [4.78, 5) is 10.0. The molecule has 0 radical (unpaired) electrons. The van der Waals surface area contributed by atoms with Crippen LogP contribution in [0.15, 0.2) is 4.99 Å². The average Bonchev–Trinajstić information content (AvgIpc) is 3.26. The summed E-state index contributed by atoms with van der Waals surface area (Å²) in [5, 5.41) is 3.94. The Kier molecular flexibility index (Phi) is 4.62. The maximum atomic E-state index is 6.09. The van der Waals surface area contributed by atoms with Gasteiger partial charge in [0, 0.05) is 62.7 Å². The number of hydrogen-bond donors (Lipinski definition) is 1. The maximum Gasteiger partial charge on any atom is 0.194 e. The summed E-state index contributed by atoms with van der Waals surface area (Å²) >= 11 is 0. The Balaban J connectivity index is 1.25. The number of hydrogen-bond acceptors (Lipinski definition) is 4. The first-order valence-corrected chi connectivity index (χ1v) is 10.8. The van der Waals surface area contributed by atoms with Crippen LogP contribution in [0.1, 0.15) is 39.0 Å². The molecule has 0 aromatic heterocycles. The van der Waals surface area contributed by atoms with Crippen molar-refractivity contribution in [2.24, 2.45) is 16.3 Å². The molecule has 1 N–H and O–H groups in total. The van der Waals surface area contributed by atoms with Gasteiger partial charge in [-0.05, 0) is 32.6 Å². The van der Waals surface area contributed by atoms with E-state index in [9.17, 15) is 0 Å². The molecule has 5 aliphatic rings. The van der Waals surface area contributed by atoms with Crippen LogP contribution in [0.5, 0.6) is 0 Å². The maximum absolute atomic E-state index is 6.09.